The molecule has 0 radical (unpaired) electrons. The summed E-state index contributed by atoms with van der Waals surface area (Å²) >= 11 is 0. The molecule has 8 heteroatoms. The van der Waals surface area contributed by atoms with Crippen molar-refractivity contribution in [1.29, 1.82) is 0 Å². The minimum Gasteiger partial charge on any atom is -0.399 e. The summed E-state index contributed by atoms with van der Waals surface area (Å²) in [6.45, 7) is 8.55. The van der Waals surface area contributed by atoms with E-state index in [9.17, 15) is 0 Å². The summed E-state index contributed by atoms with van der Waals surface area (Å²) in [5.74, 6) is 1.64. The van der Waals surface area contributed by atoms with Crippen LogP contribution < -0.4 is 22.1 Å². The molecule has 1 aromatic carbocycles. The van der Waals surface area contributed by atoms with Gasteiger partial charge in [0.15, 0.2) is 5.82 Å². The minimum absolute atomic E-state index is 0.184. The standard InChI is InChI=1S/C23H34N8/c1-13(2)19-20-21(31(30-19)14(3)4)22(26-17-9-5-15(24)6-10-17)29-23(28-20)27-18-11-7-16(25)8-12-18/h5-6,9-10,13-14,16,18H,7-8,11-12,24-25H2,1-4H3,(H2,26,27,28,29). The quantitative estimate of drug-likeness (QED) is 0.431. The average molecular weight is 423 g/mol. The van der Waals surface area contributed by atoms with E-state index < -0.39 is 0 Å². The van der Waals surface area contributed by atoms with Gasteiger partial charge >= 0.3 is 0 Å². The molecular formula is C23H34N8. The van der Waals surface area contributed by atoms with Crippen molar-refractivity contribution in [3.63, 3.8) is 0 Å². The van der Waals surface area contributed by atoms with Gasteiger partial charge in [0.2, 0.25) is 5.95 Å². The highest BCUT2D eigenvalue weighted by atomic mass is 15.3. The molecule has 2 heterocycles. The Balaban J connectivity index is 1.79. The van der Waals surface area contributed by atoms with Crippen LogP contribution >= 0.6 is 0 Å². The molecule has 1 aliphatic rings. The third-order valence-corrected chi connectivity index (χ3v) is 5.89. The van der Waals surface area contributed by atoms with Gasteiger partial charge in [0.25, 0.3) is 0 Å². The zero-order valence-corrected chi connectivity index (χ0v) is 18.9. The highest BCUT2D eigenvalue weighted by Gasteiger charge is 2.24. The molecule has 6 N–H and O–H groups in total. The Labute approximate surface area is 183 Å². The lowest BCUT2D eigenvalue weighted by Crippen LogP contribution is -2.33. The molecule has 0 amide bonds. The van der Waals surface area contributed by atoms with Crippen molar-refractivity contribution in [2.75, 3.05) is 16.4 Å². The van der Waals surface area contributed by atoms with E-state index in [1.165, 1.54) is 0 Å². The summed E-state index contributed by atoms with van der Waals surface area (Å²) in [4.78, 5) is 9.82. The number of hydrogen-bond acceptors (Lipinski definition) is 7. The van der Waals surface area contributed by atoms with Crippen LogP contribution in [-0.4, -0.2) is 31.8 Å². The Bertz CT molecular complexity index is 1030. The molecule has 1 saturated carbocycles. The topological polar surface area (TPSA) is 120 Å². The number of benzene rings is 1. The largest absolute Gasteiger partial charge is 0.399 e. The van der Waals surface area contributed by atoms with Gasteiger partial charge < -0.3 is 22.1 Å². The predicted octanol–water partition coefficient (Wildman–Crippen LogP) is 4.54. The summed E-state index contributed by atoms with van der Waals surface area (Å²) in [5, 5.41) is 11.9. The highest BCUT2D eigenvalue weighted by molar-refractivity contribution is 5.91. The van der Waals surface area contributed by atoms with Crippen molar-refractivity contribution in [2.24, 2.45) is 5.73 Å². The average Bonchev–Trinajstić information content (AvgIpc) is 3.12. The molecule has 166 valence electrons. The number of nitrogens with two attached hydrogens (primary N) is 2. The first kappa shape index (κ1) is 21.4. The zero-order valence-electron chi connectivity index (χ0n) is 18.9. The number of nitrogen functional groups attached to an aromatic ring is 1. The maximum absolute atomic E-state index is 6.08. The van der Waals surface area contributed by atoms with Crippen molar-refractivity contribution < 1.29 is 0 Å². The van der Waals surface area contributed by atoms with Gasteiger partial charge in [0.1, 0.15) is 11.0 Å². The molecular weight excluding hydrogens is 388 g/mol. The molecule has 0 unspecified atom stereocenters. The second kappa shape index (κ2) is 8.70. The molecule has 31 heavy (non-hydrogen) atoms. The van der Waals surface area contributed by atoms with E-state index in [-0.39, 0.29) is 12.0 Å². The number of rotatable bonds is 6. The van der Waals surface area contributed by atoms with Crippen LogP contribution in [0.4, 0.5) is 23.1 Å². The van der Waals surface area contributed by atoms with E-state index in [2.05, 4.69) is 38.3 Å². The van der Waals surface area contributed by atoms with Crippen LogP contribution in [0.5, 0.6) is 0 Å². The number of nitrogens with one attached hydrogen (secondary N) is 2. The molecule has 1 aliphatic carbocycles. The van der Waals surface area contributed by atoms with Crippen LogP contribution in [0.1, 0.15) is 71.0 Å². The fourth-order valence-electron chi connectivity index (χ4n) is 4.13. The van der Waals surface area contributed by atoms with Gasteiger partial charge in [-0.05, 0) is 69.7 Å². The molecule has 4 rings (SSSR count). The van der Waals surface area contributed by atoms with Gasteiger partial charge in [-0.3, -0.25) is 4.68 Å². The van der Waals surface area contributed by atoms with E-state index in [0.717, 1.165) is 59.6 Å². The van der Waals surface area contributed by atoms with Gasteiger partial charge in [-0.25, -0.2) is 4.98 Å². The van der Waals surface area contributed by atoms with E-state index in [1.807, 2.05) is 28.9 Å². The molecule has 1 fully saturated rings. The van der Waals surface area contributed by atoms with Crippen LogP contribution in [0.15, 0.2) is 24.3 Å². The smallest absolute Gasteiger partial charge is 0.225 e. The van der Waals surface area contributed by atoms with Gasteiger partial charge in [0, 0.05) is 29.5 Å². The number of anilines is 4. The highest BCUT2D eigenvalue weighted by Crippen LogP contribution is 2.33. The first-order valence-electron chi connectivity index (χ1n) is 11.3. The maximum atomic E-state index is 6.08. The summed E-state index contributed by atoms with van der Waals surface area (Å²) in [6.07, 6.45) is 4.12. The van der Waals surface area contributed by atoms with Crippen LogP contribution in [-0.2, 0) is 0 Å². The molecule has 0 aliphatic heterocycles. The van der Waals surface area contributed by atoms with E-state index >= 15 is 0 Å². The fraction of sp³-hybridized carbons (Fsp3) is 0.522. The number of hydrogen-bond donors (Lipinski definition) is 4. The van der Waals surface area contributed by atoms with Gasteiger partial charge in [-0.1, -0.05) is 13.8 Å². The zero-order chi connectivity index (χ0) is 22.1. The van der Waals surface area contributed by atoms with Crippen LogP contribution in [0.3, 0.4) is 0 Å². The molecule has 8 nitrogen and oxygen atoms in total. The van der Waals surface area contributed by atoms with Crippen molar-refractivity contribution in [3.05, 3.63) is 30.0 Å². The van der Waals surface area contributed by atoms with E-state index in [1.54, 1.807) is 0 Å². The SMILES string of the molecule is CC(C)c1nn(C(C)C)c2c(Nc3ccc(N)cc3)nc(NC3CCC(N)CC3)nc12. The van der Waals surface area contributed by atoms with Crippen molar-refractivity contribution in [1.82, 2.24) is 19.7 Å². The lowest BCUT2D eigenvalue weighted by atomic mass is 9.92. The first-order valence-corrected chi connectivity index (χ1v) is 11.3. The Kier molecular flexibility index (Phi) is 6.00. The van der Waals surface area contributed by atoms with Crippen molar-refractivity contribution in [3.8, 4) is 0 Å². The second-order valence-electron chi connectivity index (χ2n) is 9.17. The third-order valence-electron chi connectivity index (χ3n) is 5.89. The van der Waals surface area contributed by atoms with Crippen LogP contribution in [0.25, 0.3) is 11.0 Å². The summed E-state index contributed by atoms with van der Waals surface area (Å²) in [6, 6.07) is 8.50. The lowest BCUT2D eigenvalue weighted by Gasteiger charge is -2.27. The third kappa shape index (κ3) is 4.58. The number of aromatic nitrogens is 4. The molecule has 0 bridgehead atoms. The Morgan fingerprint density at radius 2 is 1.68 bits per heavy atom. The van der Waals surface area contributed by atoms with E-state index in [4.69, 9.17) is 26.5 Å². The van der Waals surface area contributed by atoms with Crippen LogP contribution in [0.2, 0.25) is 0 Å². The van der Waals surface area contributed by atoms with E-state index in [0.29, 0.717) is 18.0 Å². The van der Waals surface area contributed by atoms with Crippen molar-refractivity contribution >= 4 is 34.2 Å². The van der Waals surface area contributed by atoms with Gasteiger partial charge in [-0.15, -0.1) is 0 Å². The molecule has 2 aromatic heterocycles. The lowest BCUT2D eigenvalue weighted by molar-refractivity contribution is 0.410. The van der Waals surface area contributed by atoms with Crippen LogP contribution in [0, 0.1) is 0 Å². The maximum Gasteiger partial charge on any atom is 0.225 e. The Morgan fingerprint density at radius 3 is 2.29 bits per heavy atom. The molecule has 0 spiro atoms. The normalized spacial score (nSPS) is 19.3. The molecule has 0 saturated heterocycles. The predicted molar refractivity (Wildman–Crippen MR) is 128 cm³/mol. The van der Waals surface area contributed by atoms with Gasteiger partial charge in [0.05, 0.1) is 5.69 Å². The first-order chi connectivity index (χ1) is 14.8. The summed E-state index contributed by atoms with van der Waals surface area (Å²) in [7, 11) is 0. The fourth-order valence-corrected chi connectivity index (χ4v) is 4.13. The molecule has 3 aromatic rings. The Hall–Kier alpha value is -2.87. The summed E-state index contributed by atoms with van der Waals surface area (Å²) < 4.78 is 2.02. The van der Waals surface area contributed by atoms with Crippen molar-refractivity contribution in [2.45, 2.75) is 77.4 Å². The second-order valence-corrected chi connectivity index (χ2v) is 9.17. The minimum atomic E-state index is 0.184. The Morgan fingerprint density at radius 1 is 1.00 bits per heavy atom. The number of nitrogens with zero attached hydrogens (tertiary/aromatic N) is 4. The number of fused-ring (bicyclic) bond motifs is 1. The molecule has 0 atom stereocenters. The van der Waals surface area contributed by atoms with Gasteiger partial charge in [-0.2, -0.15) is 10.1 Å². The summed E-state index contributed by atoms with van der Waals surface area (Å²) in [5.41, 5.74) is 16.4. The monoisotopic (exact) mass is 422 g/mol.